The first-order valence-electron chi connectivity index (χ1n) is 6.63. The molecule has 0 bridgehead atoms. The molecule has 0 unspecified atom stereocenters. The molecule has 0 aliphatic carbocycles. The minimum atomic E-state index is 0.709. The summed E-state index contributed by atoms with van der Waals surface area (Å²) in [6.45, 7) is 5.70. The van der Waals surface area contributed by atoms with Crippen molar-refractivity contribution in [3.63, 3.8) is 0 Å². The highest BCUT2D eigenvalue weighted by Gasteiger charge is 2.04. The Hall–Kier alpha value is -2.10. The molecule has 19 heavy (non-hydrogen) atoms. The number of nitrogens with zero attached hydrogens (tertiary/aromatic N) is 2. The van der Waals surface area contributed by atoms with E-state index in [1.54, 1.807) is 6.20 Å². The fraction of sp³-hybridized carbons (Fsp3) is 0.333. The smallest absolute Gasteiger partial charge is 0.161 e. The summed E-state index contributed by atoms with van der Waals surface area (Å²) in [5, 5.41) is 3.18. The van der Waals surface area contributed by atoms with Gasteiger partial charge in [-0.2, -0.15) is 0 Å². The molecule has 1 N–H and O–H groups in total. The summed E-state index contributed by atoms with van der Waals surface area (Å²) in [7, 11) is 0. The molecule has 0 fully saturated rings. The van der Waals surface area contributed by atoms with Gasteiger partial charge in [0.2, 0.25) is 0 Å². The zero-order valence-electron chi connectivity index (χ0n) is 11.4. The van der Waals surface area contributed by atoms with Crippen molar-refractivity contribution in [1.29, 1.82) is 0 Å². The van der Waals surface area contributed by atoms with E-state index in [0.717, 1.165) is 36.7 Å². The van der Waals surface area contributed by atoms with E-state index in [0.29, 0.717) is 5.82 Å². The summed E-state index contributed by atoms with van der Waals surface area (Å²) < 4.78 is 5.62. The lowest BCUT2D eigenvalue weighted by molar-refractivity contribution is 0.317. The lowest BCUT2D eigenvalue weighted by atomic mass is 10.2. The van der Waals surface area contributed by atoms with Crippen LogP contribution in [0.15, 0.2) is 36.5 Å². The van der Waals surface area contributed by atoms with Crippen LogP contribution in [0, 0.1) is 0 Å². The maximum Gasteiger partial charge on any atom is 0.161 e. The minimum absolute atomic E-state index is 0.709. The molecule has 0 atom stereocenters. The first-order valence-corrected chi connectivity index (χ1v) is 6.63. The van der Waals surface area contributed by atoms with Crippen molar-refractivity contribution >= 4 is 5.82 Å². The number of hydrogen-bond acceptors (Lipinski definition) is 4. The molecule has 0 saturated heterocycles. The lowest BCUT2D eigenvalue weighted by Gasteiger charge is -2.07. The zero-order chi connectivity index (χ0) is 13.5. The molecule has 1 heterocycles. The number of rotatable bonds is 6. The summed E-state index contributed by atoms with van der Waals surface area (Å²) in [6.07, 6.45) is 2.76. The number of aromatic nitrogens is 2. The molecule has 0 radical (unpaired) electrons. The molecular weight excluding hydrogens is 238 g/mol. The third-order valence-electron chi connectivity index (χ3n) is 2.58. The van der Waals surface area contributed by atoms with Crippen LogP contribution < -0.4 is 10.1 Å². The Labute approximate surface area is 113 Å². The normalized spacial score (nSPS) is 10.2. The van der Waals surface area contributed by atoms with Gasteiger partial charge < -0.3 is 10.1 Å². The molecule has 2 aromatic rings. The highest BCUT2D eigenvalue weighted by atomic mass is 16.5. The van der Waals surface area contributed by atoms with E-state index in [4.69, 9.17) is 4.74 Å². The molecule has 0 amide bonds. The van der Waals surface area contributed by atoms with Crippen molar-refractivity contribution in [3.05, 3.63) is 36.5 Å². The molecule has 0 saturated carbocycles. The predicted molar refractivity (Wildman–Crippen MR) is 77.4 cm³/mol. The summed E-state index contributed by atoms with van der Waals surface area (Å²) in [5.41, 5.74) is 0.966. The van der Waals surface area contributed by atoms with Gasteiger partial charge in [-0.1, -0.05) is 19.1 Å². The Balaban J connectivity index is 2.23. The molecule has 2 rings (SSSR count). The van der Waals surface area contributed by atoms with Crippen LogP contribution in [0.1, 0.15) is 20.3 Å². The topological polar surface area (TPSA) is 47.0 Å². The Morgan fingerprint density at radius 2 is 2.11 bits per heavy atom. The van der Waals surface area contributed by atoms with Crippen molar-refractivity contribution in [3.8, 4) is 17.1 Å². The zero-order valence-corrected chi connectivity index (χ0v) is 11.4. The summed E-state index contributed by atoms with van der Waals surface area (Å²) in [5.74, 6) is 2.41. The highest BCUT2D eigenvalue weighted by molar-refractivity contribution is 5.59. The van der Waals surface area contributed by atoms with Crippen LogP contribution in [-0.4, -0.2) is 23.1 Å². The highest BCUT2D eigenvalue weighted by Crippen LogP contribution is 2.21. The van der Waals surface area contributed by atoms with Crippen molar-refractivity contribution in [2.75, 3.05) is 18.5 Å². The number of nitrogens with one attached hydrogen (secondary N) is 1. The van der Waals surface area contributed by atoms with Crippen LogP contribution in [-0.2, 0) is 0 Å². The Kier molecular flexibility index (Phi) is 4.72. The number of ether oxygens (including phenoxy) is 1. The van der Waals surface area contributed by atoms with Crippen molar-refractivity contribution < 1.29 is 4.74 Å². The average molecular weight is 257 g/mol. The average Bonchev–Trinajstić information content (AvgIpc) is 2.46. The number of hydrogen-bond donors (Lipinski definition) is 1. The van der Waals surface area contributed by atoms with E-state index in [-0.39, 0.29) is 0 Å². The summed E-state index contributed by atoms with van der Waals surface area (Å²) in [6, 6.07) is 9.74. The molecule has 0 spiro atoms. The molecule has 4 heteroatoms. The first-order chi connectivity index (χ1) is 9.33. The van der Waals surface area contributed by atoms with Crippen LogP contribution in [0.5, 0.6) is 5.75 Å². The predicted octanol–water partition coefficient (Wildman–Crippen LogP) is 3.36. The van der Waals surface area contributed by atoms with Crippen molar-refractivity contribution in [2.24, 2.45) is 0 Å². The van der Waals surface area contributed by atoms with Gasteiger partial charge in [0.25, 0.3) is 0 Å². The molecule has 1 aromatic heterocycles. The van der Waals surface area contributed by atoms with E-state index in [2.05, 4.69) is 22.2 Å². The van der Waals surface area contributed by atoms with E-state index in [9.17, 15) is 0 Å². The van der Waals surface area contributed by atoms with E-state index in [1.165, 1.54) is 0 Å². The van der Waals surface area contributed by atoms with Gasteiger partial charge in [-0.05, 0) is 31.5 Å². The number of benzene rings is 1. The van der Waals surface area contributed by atoms with Gasteiger partial charge >= 0.3 is 0 Å². The third-order valence-corrected chi connectivity index (χ3v) is 2.58. The molecule has 0 aliphatic rings. The fourth-order valence-electron chi connectivity index (χ4n) is 1.72. The van der Waals surface area contributed by atoms with Gasteiger partial charge in [-0.15, -0.1) is 0 Å². The van der Waals surface area contributed by atoms with E-state index < -0.39 is 0 Å². The third kappa shape index (κ3) is 3.68. The van der Waals surface area contributed by atoms with Crippen molar-refractivity contribution in [1.82, 2.24) is 9.97 Å². The van der Waals surface area contributed by atoms with Gasteiger partial charge in [0, 0.05) is 18.3 Å². The SMILES string of the molecule is CCCOc1cccc(-c2nccc(NCC)n2)c1. The van der Waals surface area contributed by atoms with Gasteiger partial charge in [0.1, 0.15) is 11.6 Å². The Morgan fingerprint density at radius 3 is 2.89 bits per heavy atom. The van der Waals surface area contributed by atoms with Crippen LogP contribution in [0.4, 0.5) is 5.82 Å². The minimum Gasteiger partial charge on any atom is -0.494 e. The second-order valence-electron chi connectivity index (χ2n) is 4.17. The van der Waals surface area contributed by atoms with Gasteiger partial charge in [-0.25, -0.2) is 9.97 Å². The molecule has 100 valence electrons. The van der Waals surface area contributed by atoms with Crippen LogP contribution in [0.2, 0.25) is 0 Å². The van der Waals surface area contributed by atoms with E-state index in [1.807, 2.05) is 37.3 Å². The fourth-order valence-corrected chi connectivity index (χ4v) is 1.72. The summed E-state index contributed by atoms with van der Waals surface area (Å²) >= 11 is 0. The van der Waals surface area contributed by atoms with E-state index >= 15 is 0 Å². The Bertz CT molecular complexity index is 528. The Morgan fingerprint density at radius 1 is 1.21 bits per heavy atom. The standard InChI is InChI=1S/C15H19N3O/c1-3-10-19-13-7-5-6-12(11-13)15-17-9-8-14(18-15)16-4-2/h5-9,11H,3-4,10H2,1-2H3,(H,16,17,18). The largest absolute Gasteiger partial charge is 0.494 e. The van der Waals surface area contributed by atoms with Crippen molar-refractivity contribution in [2.45, 2.75) is 20.3 Å². The van der Waals surface area contributed by atoms with Crippen LogP contribution in [0.25, 0.3) is 11.4 Å². The second kappa shape index (κ2) is 6.73. The molecule has 0 aliphatic heterocycles. The second-order valence-corrected chi connectivity index (χ2v) is 4.17. The maximum absolute atomic E-state index is 5.62. The summed E-state index contributed by atoms with van der Waals surface area (Å²) in [4.78, 5) is 8.78. The monoisotopic (exact) mass is 257 g/mol. The number of anilines is 1. The maximum atomic E-state index is 5.62. The molecular formula is C15H19N3O. The quantitative estimate of drug-likeness (QED) is 0.862. The van der Waals surface area contributed by atoms with Gasteiger partial charge in [-0.3, -0.25) is 0 Å². The molecule has 1 aromatic carbocycles. The van der Waals surface area contributed by atoms with Crippen LogP contribution in [0.3, 0.4) is 0 Å². The van der Waals surface area contributed by atoms with Gasteiger partial charge in [0.15, 0.2) is 5.82 Å². The molecule has 4 nitrogen and oxygen atoms in total. The van der Waals surface area contributed by atoms with Gasteiger partial charge in [0.05, 0.1) is 6.61 Å². The van der Waals surface area contributed by atoms with Crippen LogP contribution >= 0.6 is 0 Å². The lowest BCUT2D eigenvalue weighted by Crippen LogP contribution is -2.01. The first kappa shape index (κ1) is 13.3.